The molecule has 32 heavy (non-hydrogen) atoms. The van der Waals surface area contributed by atoms with Crippen LogP contribution in [-0.2, 0) is 23.3 Å². The monoisotopic (exact) mass is 430 g/mol. The lowest BCUT2D eigenvalue weighted by atomic mass is 9.92. The summed E-state index contributed by atoms with van der Waals surface area (Å²) in [5.41, 5.74) is 2.10. The maximum atomic E-state index is 12.7. The highest BCUT2D eigenvalue weighted by Gasteiger charge is 2.21. The maximum Gasteiger partial charge on any atom is 0.277 e. The Bertz CT molecular complexity index is 1300. The zero-order valence-corrected chi connectivity index (χ0v) is 18.4. The number of aromatic nitrogens is 5. The molecule has 0 saturated carbocycles. The van der Waals surface area contributed by atoms with Gasteiger partial charge in [-0.25, -0.2) is 9.36 Å². The molecule has 0 fully saturated rings. The number of benzene rings is 2. The highest BCUT2D eigenvalue weighted by atomic mass is 16.2. The van der Waals surface area contributed by atoms with Gasteiger partial charge in [-0.1, -0.05) is 68.4 Å². The van der Waals surface area contributed by atoms with Crippen molar-refractivity contribution in [2.45, 2.75) is 45.7 Å². The van der Waals surface area contributed by atoms with Crippen LogP contribution >= 0.6 is 0 Å². The van der Waals surface area contributed by atoms with Gasteiger partial charge in [0.05, 0.1) is 24.2 Å². The van der Waals surface area contributed by atoms with Crippen LogP contribution in [0.2, 0.25) is 0 Å². The van der Waals surface area contributed by atoms with Gasteiger partial charge in [0.2, 0.25) is 5.91 Å². The van der Waals surface area contributed by atoms with Gasteiger partial charge in [0, 0.05) is 17.9 Å². The van der Waals surface area contributed by atoms with Gasteiger partial charge in [0.25, 0.3) is 5.56 Å². The minimum atomic E-state index is -0.257. The molecule has 0 aliphatic rings. The van der Waals surface area contributed by atoms with E-state index in [9.17, 15) is 9.59 Å². The Balaban J connectivity index is 1.50. The first-order valence-corrected chi connectivity index (χ1v) is 10.6. The van der Waals surface area contributed by atoms with Gasteiger partial charge in [-0.05, 0) is 17.7 Å². The van der Waals surface area contributed by atoms with E-state index in [1.807, 2.05) is 36.4 Å². The number of rotatable bonds is 6. The summed E-state index contributed by atoms with van der Waals surface area (Å²) < 4.78 is 3.03. The number of aryl methyl sites for hydroxylation is 1. The molecule has 1 amide bonds. The summed E-state index contributed by atoms with van der Waals surface area (Å²) in [5.74, 6) is 0.405. The fraction of sp³-hybridized carbons (Fsp3) is 0.292. The molecule has 1 N–H and O–H groups in total. The topological polar surface area (TPSA) is 94.7 Å². The minimum absolute atomic E-state index is 0.0916. The molecule has 8 nitrogen and oxygen atoms in total. The van der Waals surface area contributed by atoms with Gasteiger partial charge >= 0.3 is 0 Å². The van der Waals surface area contributed by atoms with Crippen molar-refractivity contribution in [1.29, 1.82) is 0 Å². The van der Waals surface area contributed by atoms with E-state index in [1.165, 1.54) is 4.68 Å². The molecule has 0 unspecified atom stereocenters. The van der Waals surface area contributed by atoms with E-state index in [1.54, 1.807) is 28.9 Å². The van der Waals surface area contributed by atoms with Crippen molar-refractivity contribution in [3.8, 4) is 0 Å². The molecular formula is C24H26N6O2. The molecule has 164 valence electrons. The van der Waals surface area contributed by atoms with Gasteiger partial charge in [-0.2, -0.15) is 5.10 Å². The van der Waals surface area contributed by atoms with E-state index in [0.29, 0.717) is 23.3 Å². The van der Waals surface area contributed by atoms with Crippen LogP contribution in [-0.4, -0.2) is 30.7 Å². The Morgan fingerprint density at radius 3 is 2.47 bits per heavy atom. The number of carbonyl (C=O) groups is 1. The average molecular weight is 431 g/mol. The molecule has 0 aliphatic heterocycles. The summed E-state index contributed by atoms with van der Waals surface area (Å²) in [6, 6.07) is 18.9. The lowest BCUT2D eigenvalue weighted by molar-refractivity contribution is -0.116. The zero-order valence-electron chi connectivity index (χ0n) is 18.4. The first kappa shape index (κ1) is 21.4. The Labute approximate surface area is 185 Å². The summed E-state index contributed by atoms with van der Waals surface area (Å²) in [6.45, 7) is 6.93. The number of amides is 1. The summed E-state index contributed by atoms with van der Waals surface area (Å²) in [6.07, 6.45) is 0.0916. The van der Waals surface area contributed by atoms with E-state index in [2.05, 4.69) is 36.4 Å². The van der Waals surface area contributed by atoms with Crippen molar-refractivity contribution >= 4 is 22.6 Å². The van der Waals surface area contributed by atoms with Crippen LogP contribution in [0.5, 0.6) is 0 Å². The first-order chi connectivity index (χ1) is 15.3. The fourth-order valence-corrected chi connectivity index (χ4v) is 3.34. The van der Waals surface area contributed by atoms with Crippen molar-refractivity contribution in [3.05, 3.63) is 82.3 Å². The number of nitrogens with one attached hydrogen (secondary N) is 1. The van der Waals surface area contributed by atoms with E-state index in [4.69, 9.17) is 5.10 Å². The fourth-order valence-electron chi connectivity index (χ4n) is 3.34. The molecule has 0 atom stereocenters. The largest absolute Gasteiger partial charge is 0.311 e. The van der Waals surface area contributed by atoms with E-state index in [0.717, 1.165) is 11.3 Å². The molecule has 0 radical (unpaired) electrons. The summed E-state index contributed by atoms with van der Waals surface area (Å²) in [5, 5.41) is 16.2. The molecule has 2 aromatic heterocycles. The van der Waals surface area contributed by atoms with E-state index < -0.39 is 0 Å². The van der Waals surface area contributed by atoms with Crippen LogP contribution in [0, 0.1) is 0 Å². The number of hydrogen-bond donors (Lipinski definition) is 1. The third-order valence-electron chi connectivity index (χ3n) is 5.17. The number of fused-ring (bicyclic) bond motifs is 1. The van der Waals surface area contributed by atoms with E-state index in [-0.39, 0.29) is 29.8 Å². The second kappa shape index (κ2) is 8.74. The maximum absolute atomic E-state index is 12.7. The summed E-state index contributed by atoms with van der Waals surface area (Å²) in [7, 11) is 0. The second-order valence-corrected chi connectivity index (χ2v) is 8.74. The molecule has 4 aromatic rings. The third kappa shape index (κ3) is 4.74. The molecule has 2 aromatic carbocycles. The third-order valence-corrected chi connectivity index (χ3v) is 5.17. The van der Waals surface area contributed by atoms with Gasteiger partial charge in [-0.15, -0.1) is 5.10 Å². The van der Waals surface area contributed by atoms with Crippen molar-refractivity contribution in [2.24, 2.45) is 0 Å². The molecule has 8 heteroatoms. The predicted octanol–water partition coefficient (Wildman–Crippen LogP) is 3.36. The lowest BCUT2D eigenvalue weighted by Crippen LogP contribution is -2.27. The van der Waals surface area contributed by atoms with Crippen LogP contribution in [0.4, 0.5) is 5.82 Å². The Morgan fingerprint density at radius 1 is 1.00 bits per heavy atom. The molecule has 0 saturated heterocycles. The van der Waals surface area contributed by atoms with Crippen LogP contribution in [0.1, 0.15) is 38.4 Å². The van der Waals surface area contributed by atoms with Gasteiger partial charge in [0.1, 0.15) is 11.3 Å². The second-order valence-electron chi connectivity index (χ2n) is 8.74. The van der Waals surface area contributed by atoms with Gasteiger partial charge in [-0.3, -0.25) is 9.59 Å². The highest BCUT2D eigenvalue weighted by Crippen LogP contribution is 2.24. The average Bonchev–Trinajstić information content (AvgIpc) is 3.17. The normalized spacial score (nSPS) is 11.6. The number of anilines is 1. The molecule has 0 spiro atoms. The number of nitrogens with zero attached hydrogens (tertiary/aromatic N) is 5. The Kier molecular flexibility index (Phi) is 5.85. The van der Waals surface area contributed by atoms with Gasteiger partial charge < -0.3 is 5.32 Å². The van der Waals surface area contributed by atoms with E-state index >= 15 is 0 Å². The highest BCUT2D eigenvalue weighted by molar-refractivity contribution is 5.90. The van der Waals surface area contributed by atoms with Crippen molar-refractivity contribution in [2.75, 3.05) is 5.32 Å². The van der Waals surface area contributed by atoms with Crippen LogP contribution < -0.4 is 10.9 Å². The standard InChI is InChI=1S/C24H26N6O2/c1-24(2,3)20-15-21(30(27-20)16-17-9-5-4-6-10-17)25-22(31)13-14-29-23(32)18-11-7-8-12-19(18)26-28-29/h4-12,15H,13-14,16H2,1-3H3,(H,25,31). The van der Waals surface area contributed by atoms with Crippen molar-refractivity contribution in [1.82, 2.24) is 24.8 Å². The summed E-state index contributed by atoms with van der Waals surface area (Å²) >= 11 is 0. The molecule has 0 bridgehead atoms. The quantitative estimate of drug-likeness (QED) is 0.506. The molecular weight excluding hydrogens is 404 g/mol. The molecule has 0 aliphatic carbocycles. The lowest BCUT2D eigenvalue weighted by Gasteiger charge is -2.14. The number of carbonyl (C=O) groups excluding carboxylic acids is 1. The van der Waals surface area contributed by atoms with Crippen LogP contribution in [0.15, 0.2) is 65.5 Å². The zero-order chi connectivity index (χ0) is 22.7. The van der Waals surface area contributed by atoms with Crippen molar-refractivity contribution in [3.63, 3.8) is 0 Å². The molecule has 2 heterocycles. The smallest absolute Gasteiger partial charge is 0.277 e. The summed E-state index contributed by atoms with van der Waals surface area (Å²) in [4.78, 5) is 25.3. The van der Waals surface area contributed by atoms with Crippen LogP contribution in [0.3, 0.4) is 0 Å². The molecule has 4 rings (SSSR count). The minimum Gasteiger partial charge on any atom is -0.311 e. The Morgan fingerprint density at radius 2 is 1.72 bits per heavy atom. The predicted molar refractivity (Wildman–Crippen MR) is 124 cm³/mol. The Hall–Kier alpha value is -3.81. The van der Waals surface area contributed by atoms with Crippen LogP contribution in [0.25, 0.3) is 10.9 Å². The van der Waals surface area contributed by atoms with Gasteiger partial charge in [0.15, 0.2) is 0 Å². The first-order valence-electron chi connectivity index (χ1n) is 10.6. The van der Waals surface area contributed by atoms with Crippen molar-refractivity contribution < 1.29 is 4.79 Å². The SMILES string of the molecule is CC(C)(C)c1cc(NC(=O)CCn2nnc3ccccc3c2=O)n(Cc2ccccc2)n1. The number of hydrogen-bond acceptors (Lipinski definition) is 5.